The first kappa shape index (κ1) is 18.8. The molecule has 0 bridgehead atoms. The van der Waals surface area contributed by atoms with Crippen LogP contribution in [0, 0.1) is 0 Å². The maximum atomic E-state index is 11.3. The molecule has 142 valence electrons. The largest absolute Gasteiger partial charge is 0.359 e. The molecule has 0 aliphatic carbocycles. The standard InChI is InChI=1S/C17H20N6O3S/c1-17(2,3)13-10-15(23-26-13)21-14-8-9-19-16(22-14)20-11-4-6-12(7-5-11)27(18,24)25/h4-10H,1-3H3,(H2,18,24,25)(H2,19,20,21,22,23). The van der Waals surface area contributed by atoms with Gasteiger partial charge in [-0.05, 0) is 30.3 Å². The van der Waals surface area contributed by atoms with Crippen molar-refractivity contribution in [3.05, 3.63) is 48.4 Å². The number of nitrogens with two attached hydrogens (primary N) is 1. The smallest absolute Gasteiger partial charge is 0.238 e. The second-order valence-electron chi connectivity index (χ2n) is 6.91. The molecule has 0 spiro atoms. The van der Waals surface area contributed by atoms with E-state index in [9.17, 15) is 8.42 Å². The molecule has 9 nitrogen and oxygen atoms in total. The Morgan fingerprint density at radius 1 is 1.04 bits per heavy atom. The van der Waals surface area contributed by atoms with Crippen LogP contribution in [0.3, 0.4) is 0 Å². The molecule has 0 aliphatic rings. The van der Waals surface area contributed by atoms with Crippen LogP contribution in [0.1, 0.15) is 26.5 Å². The summed E-state index contributed by atoms with van der Waals surface area (Å²) in [5.41, 5.74) is 0.477. The molecule has 2 aromatic heterocycles. The van der Waals surface area contributed by atoms with Gasteiger partial charge in [0.25, 0.3) is 0 Å². The van der Waals surface area contributed by atoms with E-state index in [1.165, 1.54) is 12.1 Å². The highest BCUT2D eigenvalue weighted by Gasteiger charge is 2.19. The summed E-state index contributed by atoms with van der Waals surface area (Å²) >= 11 is 0. The van der Waals surface area contributed by atoms with Gasteiger partial charge in [0.15, 0.2) is 5.82 Å². The van der Waals surface area contributed by atoms with Crippen molar-refractivity contribution in [1.29, 1.82) is 0 Å². The Balaban J connectivity index is 1.73. The monoisotopic (exact) mass is 388 g/mol. The zero-order valence-corrected chi connectivity index (χ0v) is 15.9. The zero-order valence-electron chi connectivity index (χ0n) is 15.1. The van der Waals surface area contributed by atoms with Crippen molar-refractivity contribution >= 4 is 33.3 Å². The molecule has 3 rings (SSSR count). The maximum absolute atomic E-state index is 11.3. The van der Waals surface area contributed by atoms with Crippen molar-refractivity contribution in [2.75, 3.05) is 10.6 Å². The molecule has 3 aromatic rings. The highest BCUT2D eigenvalue weighted by atomic mass is 32.2. The molecule has 27 heavy (non-hydrogen) atoms. The fourth-order valence-corrected chi connectivity index (χ4v) is 2.68. The lowest BCUT2D eigenvalue weighted by Gasteiger charge is -2.12. The number of rotatable bonds is 5. The van der Waals surface area contributed by atoms with E-state index in [0.717, 1.165) is 5.76 Å². The molecule has 0 saturated carbocycles. The molecular weight excluding hydrogens is 368 g/mol. The first-order chi connectivity index (χ1) is 12.6. The van der Waals surface area contributed by atoms with Gasteiger partial charge in [-0.3, -0.25) is 0 Å². The summed E-state index contributed by atoms with van der Waals surface area (Å²) < 4.78 is 27.9. The average Bonchev–Trinajstić information content (AvgIpc) is 3.04. The van der Waals surface area contributed by atoms with E-state index in [0.29, 0.717) is 23.3 Å². The van der Waals surface area contributed by atoms with Crippen LogP contribution < -0.4 is 15.8 Å². The second-order valence-corrected chi connectivity index (χ2v) is 8.47. The van der Waals surface area contributed by atoms with Gasteiger partial charge >= 0.3 is 0 Å². The number of nitrogens with one attached hydrogen (secondary N) is 2. The van der Waals surface area contributed by atoms with Crippen LogP contribution in [0.15, 0.2) is 52.0 Å². The van der Waals surface area contributed by atoms with Crippen LogP contribution >= 0.6 is 0 Å². The molecule has 0 atom stereocenters. The highest BCUT2D eigenvalue weighted by Crippen LogP contribution is 2.26. The van der Waals surface area contributed by atoms with Crippen molar-refractivity contribution < 1.29 is 12.9 Å². The molecule has 1 aromatic carbocycles. The first-order valence-corrected chi connectivity index (χ1v) is 9.63. The molecule has 0 fully saturated rings. The van der Waals surface area contributed by atoms with E-state index >= 15 is 0 Å². The van der Waals surface area contributed by atoms with E-state index in [1.807, 2.05) is 26.8 Å². The number of benzene rings is 1. The van der Waals surface area contributed by atoms with Gasteiger partial charge in [0.1, 0.15) is 11.6 Å². The van der Waals surface area contributed by atoms with E-state index in [1.54, 1.807) is 24.4 Å². The van der Waals surface area contributed by atoms with Crippen molar-refractivity contribution in [2.45, 2.75) is 31.1 Å². The molecule has 0 amide bonds. The van der Waals surface area contributed by atoms with Gasteiger partial charge in [-0.2, -0.15) is 4.98 Å². The summed E-state index contributed by atoms with van der Waals surface area (Å²) in [6, 6.07) is 9.49. The fourth-order valence-electron chi connectivity index (χ4n) is 2.16. The predicted molar refractivity (Wildman–Crippen MR) is 102 cm³/mol. The summed E-state index contributed by atoms with van der Waals surface area (Å²) in [5.74, 6) is 2.17. The van der Waals surface area contributed by atoms with E-state index in [4.69, 9.17) is 9.66 Å². The second kappa shape index (κ2) is 6.97. The Bertz CT molecular complexity index is 1040. The molecular formula is C17H20N6O3S. The van der Waals surface area contributed by atoms with E-state index in [-0.39, 0.29) is 10.3 Å². The zero-order chi connectivity index (χ0) is 19.7. The molecule has 0 radical (unpaired) electrons. The van der Waals surface area contributed by atoms with Crippen molar-refractivity contribution in [3.8, 4) is 0 Å². The Kier molecular flexibility index (Phi) is 4.85. The van der Waals surface area contributed by atoms with E-state index < -0.39 is 10.0 Å². The number of hydrogen-bond donors (Lipinski definition) is 3. The topological polar surface area (TPSA) is 136 Å². The van der Waals surface area contributed by atoms with Crippen LogP contribution in [-0.4, -0.2) is 23.5 Å². The lowest BCUT2D eigenvalue weighted by molar-refractivity contribution is 0.331. The SMILES string of the molecule is CC(C)(C)c1cc(Nc2ccnc(Nc3ccc(S(N)(=O)=O)cc3)n2)no1. The Morgan fingerprint density at radius 2 is 1.74 bits per heavy atom. The number of anilines is 4. The highest BCUT2D eigenvalue weighted by molar-refractivity contribution is 7.89. The number of primary sulfonamides is 1. The van der Waals surface area contributed by atoms with E-state index in [2.05, 4.69) is 25.8 Å². The molecule has 0 saturated heterocycles. The summed E-state index contributed by atoms with van der Waals surface area (Å²) in [7, 11) is -3.73. The van der Waals surface area contributed by atoms with Crippen molar-refractivity contribution in [2.24, 2.45) is 5.14 Å². The van der Waals surface area contributed by atoms with Gasteiger partial charge in [0, 0.05) is 23.4 Å². The number of sulfonamides is 1. The van der Waals surface area contributed by atoms with Crippen LogP contribution in [0.4, 0.5) is 23.3 Å². The minimum Gasteiger partial charge on any atom is -0.359 e. The summed E-state index contributed by atoms with van der Waals surface area (Å²) in [5, 5.41) is 15.1. The summed E-state index contributed by atoms with van der Waals surface area (Å²) in [4.78, 5) is 8.52. The van der Waals surface area contributed by atoms with Crippen molar-refractivity contribution in [3.63, 3.8) is 0 Å². The fraction of sp³-hybridized carbons (Fsp3) is 0.235. The van der Waals surface area contributed by atoms with Gasteiger partial charge in [0.05, 0.1) is 4.90 Å². The molecule has 4 N–H and O–H groups in total. The van der Waals surface area contributed by atoms with Gasteiger partial charge in [-0.25, -0.2) is 18.5 Å². The third kappa shape index (κ3) is 4.80. The van der Waals surface area contributed by atoms with Crippen LogP contribution in [0.2, 0.25) is 0 Å². The number of nitrogens with zero attached hydrogens (tertiary/aromatic N) is 3. The van der Waals surface area contributed by atoms with Gasteiger partial charge in [0.2, 0.25) is 16.0 Å². The number of hydrogen-bond acceptors (Lipinski definition) is 8. The maximum Gasteiger partial charge on any atom is 0.238 e. The normalized spacial score (nSPS) is 12.0. The Labute approximate surface area is 157 Å². The third-order valence-electron chi connectivity index (χ3n) is 3.60. The summed E-state index contributed by atoms with van der Waals surface area (Å²) in [6.45, 7) is 6.10. The quantitative estimate of drug-likeness (QED) is 0.607. The van der Waals surface area contributed by atoms with Crippen LogP contribution in [0.5, 0.6) is 0 Å². The molecule has 2 heterocycles. The number of aromatic nitrogens is 3. The molecule has 0 unspecified atom stereocenters. The molecule has 10 heteroatoms. The molecule has 0 aliphatic heterocycles. The minimum absolute atomic E-state index is 0.0325. The predicted octanol–water partition coefficient (Wildman–Crippen LogP) is 2.90. The van der Waals surface area contributed by atoms with Crippen molar-refractivity contribution in [1.82, 2.24) is 15.1 Å². The minimum atomic E-state index is -3.73. The Hall–Kier alpha value is -2.98. The first-order valence-electron chi connectivity index (χ1n) is 8.08. The van der Waals surface area contributed by atoms with Gasteiger partial charge in [-0.15, -0.1) is 0 Å². The lowest BCUT2D eigenvalue weighted by Crippen LogP contribution is -2.11. The Morgan fingerprint density at radius 3 is 2.33 bits per heavy atom. The van der Waals surface area contributed by atoms with Crippen LogP contribution in [-0.2, 0) is 15.4 Å². The van der Waals surface area contributed by atoms with Gasteiger partial charge < -0.3 is 15.2 Å². The summed E-state index contributed by atoms with van der Waals surface area (Å²) in [6.07, 6.45) is 1.58. The lowest BCUT2D eigenvalue weighted by atomic mass is 9.93. The van der Waals surface area contributed by atoms with Crippen LogP contribution in [0.25, 0.3) is 0 Å². The third-order valence-corrected chi connectivity index (χ3v) is 4.53. The average molecular weight is 388 g/mol. The van der Waals surface area contributed by atoms with Gasteiger partial charge in [-0.1, -0.05) is 25.9 Å².